The van der Waals surface area contributed by atoms with E-state index in [4.69, 9.17) is 14.2 Å². The summed E-state index contributed by atoms with van der Waals surface area (Å²) >= 11 is 0. The predicted molar refractivity (Wildman–Crippen MR) is 165 cm³/mol. The molecule has 0 amide bonds. The van der Waals surface area contributed by atoms with E-state index in [1.54, 1.807) is 14.0 Å². The number of Topliss-reactive ketones (excluding diaryl/α,β-unsaturated/α-hetero) is 2. The van der Waals surface area contributed by atoms with Crippen LogP contribution in [0, 0.1) is 17.8 Å². The molecule has 4 unspecified atom stereocenters. The van der Waals surface area contributed by atoms with Crippen LogP contribution in [0.25, 0.3) is 0 Å². The number of aliphatic hydroxyl groups is 1. The van der Waals surface area contributed by atoms with Gasteiger partial charge in [-0.3, -0.25) is 19.7 Å². The number of carbonyl (C=O) groups is 3. The van der Waals surface area contributed by atoms with Crippen molar-refractivity contribution in [3.8, 4) is 0 Å². The Hall–Kier alpha value is -2.13. The second-order valence-electron chi connectivity index (χ2n) is 9.56. The zero-order valence-electron chi connectivity index (χ0n) is 27.4. The molecule has 1 aliphatic heterocycles. The molecule has 238 valence electrons. The van der Waals surface area contributed by atoms with Crippen LogP contribution < -0.4 is 5.32 Å². The molecule has 8 heteroatoms. The molecule has 1 aromatic rings. The Labute approximate surface area is 249 Å². The highest BCUT2D eigenvalue weighted by Gasteiger charge is 2.31. The molecule has 1 saturated heterocycles. The van der Waals surface area contributed by atoms with Crippen molar-refractivity contribution < 1.29 is 33.7 Å². The topological polar surface area (TPSA) is 111 Å². The van der Waals surface area contributed by atoms with Crippen molar-refractivity contribution in [2.75, 3.05) is 20.3 Å². The van der Waals surface area contributed by atoms with Crippen LogP contribution in [0.4, 0.5) is 0 Å². The number of aliphatic hydroxyl groups excluding tert-OH is 1. The molecule has 0 aromatic heterocycles. The molecule has 1 aromatic carbocycles. The van der Waals surface area contributed by atoms with Gasteiger partial charge in [-0.1, -0.05) is 85.7 Å². The number of nitrogens with one attached hydrogen (secondary N) is 1. The summed E-state index contributed by atoms with van der Waals surface area (Å²) in [6.45, 7) is 17.6. The highest BCUT2D eigenvalue weighted by atomic mass is 16.7. The number of methoxy groups -OCH3 is 1. The monoisotopic (exact) mass is 581 g/mol. The molecule has 0 spiro atoms. The Morgan fingerprint density at radius 1 is 0.951 bits per heavy atom. The van der Waals surface area contributed by atoms with Crippen molar-refractivity contribution in [1.82, 2.24) is 5.32 Å². The Bertz CT molecular complexity index is 802. The molecule has 1 heterocycles. The van der Waals surface area contributed by atoms with Crippen LogP contribution in [-0.2, 0) is 35.0 Å². The Morgan fingerprint density at radius 2 is 1.54 bits per heavy atom. The van der Waals surface area contributed by atoms with Gasteiger partial charge in [0.15, 0.2) is 0 Å². The molecule has 0 radical (unpaired) electrons. The van der Waals surface area contributed by atoms with Crippen LogP contribution in [0.3, 0.4) is 0 Å². The van der Waals surface area contributed by atoms with Crippen molar-refractivity contribution in [3.05, 3.63) is 35.9 Å². The van der Waals surface area contributed by atoms with Crippen LogP contribution in [0.2, 0.25) is 0 Å². The first-order chi connectivity index (χ1) is 19.7. The molecule has 2 rings (SSSR count). The van der Waals surface area contributed by atoms with Gasteiger partial charge in [0.25, 0.3) is 0 Å². The summed E-state index contributed by atoms with van der Waals surface area (Å²) in [6, 6.07) is 10.3. The summed E-state index contributed by atoms with van der Waals surface area (Å²) in [6.07, 6.45) is 2.55. The first kappa shape index (κ1) is 41.0. The lowest BCUT2D eigenvalue weighted by Crippen LogP contribution is -2.33. The Kier molecular flexibility index (Phi) is 25.6. The molecule has 41 heavy (non-hydrogen) atoms. The van der Waals surface area contributed by atoms with Gasteiger partial charge in [-0.05, 0) is 44.6 Å². The maximum atomic E-state index is 12.8. The normalized spacial score (nSPS) is 18.5. The zero-order chi connectivity index (χ0) is 31.8. The van der Waals surface area contributed by atoms with Crippen LogP contribution in [-0.4, -0.2) is 61.5 Å². The summed E-state index contributed by atoms with van der Waals surface area (Å²) in [5.74, 6) is -2.10. The lowest BCUT2D eigenvalue weighted by Gasteiger charge is -2.23. The lowest BCUT2D eigenvalue weighted by molar-refractivity contribution is -0.160. The van der Waals surface area contributed by atoms with E-state index in [0.717, 1.165) is 19.3 Å². The van der Waals surface area contributed by atoms with Crippen molar-refractivity contribution in [1.29, 1.82) is 0 Å². The second kappa shape index (κ2) is 25.6. The van der Waals surface area contributed by atoms with E-state index < -0.39 is 30.3 Å². The number of ketones is 2. The largest absolute Gasteiger partial charge is 0.462 e. The van der Waals surface area contributed by atoms with E-state index in [1.165, 1.54) is 12.5 Å². The van der Waals surface area contributed by atoms with Gasteiger partial charge in [-0.2, -0.15) is 0 Å². The summed E-state index contributed by atoms with van der Waals surface area (Å²) in [5, 5.41) is 11.9. The fourth-order valence-electron chi connectivity index (χ4n) is 4.30. The van der Waals surface area contributed by atoms with E-state index in [0.29, 0.717) is 25.8 Å². The Morgan fingerprint density at radius 3 is 2.07 bits per heavy atom. The zero-order valence-corrected chi connectivity index (χ0v) is 27.4. The third-order valence-corrected chi connectivity index (χ3v) is 6.62. The van der Waals surface area contributed by atoms with Crippen molar-refractivity contribution in [2.24, 2.45) is 17.8 Å². The molecule has 2 N–H and O–H groups in total. The minimum Gasteiger partial charge on any atom is -0.462 e. The number of ether oxygens (including phenoxy) is 3. The molecular formula is C33H59NO7. The predicted octanol–water partition coefficient (Wildman–Crippen LogP) is 6.13. The van der Waals surface area contributed by atoms with E-state index >= 15 is 0 Å². The average molecular weight is 582 g/mol. The van der Waals surface area contributed by atoms with Crippen LogP contribution in [0.5, 0.6) is 0 Å². The Balaban J connectivity index is 0. The molecule has 6 atom stereocenters. The number of aryl methyl sites for hydroxylation is 1. The molecule has 1 fully saturated rings. The number of esters is 1. The summed E-state index contributed by atoms with van der Waals surface area (Å²) < 4.78 is 15.9. The molecule has 0 saturated carbocycles. The van der Waals surface area contributed by atoms with E-state index in [9.17, 15) is 19.5 Å². The number of unbranched alkanes of at least 4 members (excludes halogenated alkanes) is 1. The average Bonchev–Trinajstić information content (AvgIpc) is 3.44. The van der Waals surface area contributed by atoms with Gasteiger partial charge in [0.1, 0.15) is 30.2 Å². The van der Waals surface area contributed by atoms with E-state index in [1.807, 2.05) is 66.7 Å². The number of rotatable bonds is 16. The van der Waals surface area contributed by atoms with Crippen molar-refractivity contribution >= 4 is 17.5 Å². The third kappa shape index (κ3) is 17.4. The highest BCUT2D eigenvalue weighted by Crippen LogP contribution is 2.22. The summed E-state index contributed by atoms with van der Waals surface area (Å²) in [4.78, 5) is 37.7. The SMILES string of the molecule is CC.CC.CC.COC(C[C@@H](C)C(=O)CCCCc1ccccc1)C[C@@H](C)C(=O)C(C)C(=O)OCC1CNC(O)O1. The quantitative estimate of drug-likeness (QED) is 0.136. The number of benzene rings is 1. The first-order valence-corrected chi connectivity index (χ1v) is 15.6. The van der Waals surface area contributed by atoms with Gasteiger partial charge < -0.3 is 19.3 Å². The fourth-order valence-corrected chi connectivity index (χ4v) is 4.30. The van der Waals surface area contributed by atoms with E-state index in [2.05, 4.69) is 17.4 Å². The van der Waals surface area contributed by atoms with Gasteiger partial charge >= 0.3 is 5.97 Å². The molecular weight excluding hydrogens is 522 g/mol. The van der Waals surface area contributed by atoms with Gasteiger partial charge in [0, 0.05) is 31.9 Å². The maximum absolute atomic E-state index is 12.8. The minimum absolute atomic E-state index is 0.0272. The minimum atomic E-state index is -1.06. The molecule has 8 nitrogen and oxygen atoms in total. The maximum Gasteiger partial charge on any atom is 0.316 e. The van der Waals surface area contributed by atoms with Crippen molar-refractivity contribution in [2.45, 2.75) is 119 Å². The van der Waals surface area contributed by atoms with Crippen LogP contribution in [0.15, 0.2) is 30.3 Å². The van der Waals surface area contributed by atoms with Gasteiger partial charge in [0.05, 0.1) is 6.10 Å². The standard InChI is InChI=1S/C27H41NO7.3C2H6/c1-18(24(29)13-9-8-12-21-10-6-5-7-11-21)14-22(33-4)15-19(2)25(30)20(3)26(31)34-17-23-16-28-27(32)35-23;3*1-2/h5-7,10-11,18-20,22-23,27-28,32H,8-9,12-17H2,1-4H3;3*1-2H3/t18-,19-,20?,22?,23?,27?;;;/m1.../s1. The van der Waals surface area contributed by atoms with Gasteiger partial charge in [-0.15, -0.1) is 0 Å². The van der Waals surface area contributed by atoms with Gasteiger partial charge in [0.2, 0.25) is 6.41 Å². The number of hydrogen-bond donors (Lipinski definition) is 2. The van der Waals surface area contributed by atoms with Crippen LogP contribution in [0.1, 0.15) is 100.0 Å². The smallest absolute Gasteiger partial charge is 0.316 e. The lowest BCUT2D eigenvalue weighted by atomic mass is 9.87. The highest BCUT2D eigenvalue weighted by molar-refractivity contribution is 5.99. The third-order valence-electron chi connectivity index (χ3n) is 6.62. The second-order valence-corrected chi connectivity index (χ2v) is 9.56. The fraction of sp³-hybridized carbons (Fsp3) is 0.727. The molecule has 0 aliphatic carbocycles. The first-order valence-electron chi connectivity index (χ1n) is 15.6. The van der Waals surface area contributed by atoms with Gasteiger partial charge in [-0.25, -0.2) is 0 Å². The molecule has 1 aliphatic rings. The van der Waals surface area contributed by atoms with E-state index in [-0.39, 0.29) is 30.2 Å². The number of carbonyl (C=O) groups excluding carboxylic acids is 3. The van der Waals surface area contributed by atoms with Crippen LogP contribution >= 0.6 is 0 Å². The van der Waals surface area contributed by atoms with Crippen molar-refractivity contribution in [3.63, 3.8) is 0 Å². The summed E-state index contributed by atoms with van der Waals surface area (Å²) in [5.41, 5.74) is 1.28. The summed E-state index contributed by atoms with van der Waals surface area (Å²) in [7, 11) is 1.58. The molecule has 0 bridgehead atoms. The number of hydrogen-bond acceptors (Lipinski definition) is 8.